The lowest BCUT2D eigenvalue weighted by Gasteiger charge is -2.22. The smallest absolute Gasteiger partial charge is 0.251 e. The first-order valence-electron chi connectivity index (χ1n) is 6.34. The predicted molar refractivity (Wildman–Crippen MR) is 79.6 cm³/mol. The van der Waals surface area contributed by atoms with Crippen molar-refractivity contribution in [3.63, 3.8) is 0 Å². The number of nitrogen functional groups attached to an aromatic ring is 1. The number of rotatable bonds is 5. The Hall–Kier alpha value is -1.03. The Bertz CT molecular complexity index is 396. The molecule has 0 heterocycles. The van der Waals surface area contributed by atoms with Crippen LogP contribution in [0, 0.1) is 5.92 Å². The van der Waals surface area contributed by atoms with Crippen LogP contribution in [0.3, 0.4) is 0 Å². The number of carbonyl (C=O) groups is 1. The van der Waals surface area contributed by atoms with Crippen LogP contribution in [0.15, 0.2) is 22.7 Å². The molecule has 3 nitrogen and oxygen atoms in total. The molecule has 0 spiro atoms. The number of nitrogens with one attached hydrogen (secondary N) is 1. The number of hydrogen-bond acceptors (Lipinski definition) is 2. The second-order valence-corrected chi connectivity index (χ2v) is 5.53. The van der Waals surface area contributed by atoms with Crippen molar-refractivity contribution in [3.8, 4) is 0 Å². The number of nitrogens with two attached hydrogens (primary N) is 1. The molecule has 1 aromatic carbocycles. The van der Waals surface area contributed by atoms with E-state index in [1.54, 1.807) is 18.2 Å². The van der Waals surface area contributed by atoms with Gasteiger partial charge in [0.25, 0.3) is 5.91 Å². The number of hydrogen-bond donors (Lipinski definition) is 2. The molecule has 1 aromatic rings. The molecule has 0 saturated heterocycles. The first kappa shape index (κ1) is 15.0. The van der Waals surface area contributed by atoms with Crippen molar-refractivity contribution in [2.24, 2.45) is 5.92 Å². The van der Waals surface area contributed by atoms with Crippen LogP contribution in [-0.4, -0.2) is 11.9 Å². The van der Waals surface area contributed by atoms with Crippen LogP contribution in [-0.2, 0) is 0 Å². The average molecular weight is 313 g/mol. The SMILES string of the molecule is CCC(CC)C(C)NC(=O)c1cc(N)cc(Br)c1. The Morgan fingerprint density at radius 2 is 1.94 bits per heavy atom. The summed E-state index contributed by atoms with van der Waals surface area (Å²) in [6.45, 7) is 6.35. The topological polar surface area (TPSA) is 55.1 Å². The monoisotopic (exact) mass is 312 g/mol. The summed E-state index contributed by atoms with van der Waals surface area (Å²) in [5.41, 5.74) is 6.91. The van der Waals surface area contributed by atoms with Gasteiger partial charge in [-0.3, -0.25) is 4.79 Å². The molecule has 18 heavy (non-hydrogen) atoms. The van der Waals surface area contributed by atoms with E-state index >= 15 is 0 Å². The van der Waals surface area contributed by atoms with Crippen LogP contribution in [0.2, 0.25) is 0 Å². The van der Waals surface area contributed by atoms with Crippen LogP contribution in [0.25, 0.3) is 0 Å². The molecule has 0 saturated carbocycles. The quantitative estimate of drug-likeness (QED) is 0.816. The first-order chi connectivity index (χ1) is 8.47. The second kappa shape index (κ2) is 6.78. The van der Waals surface area contributed by atoms with Crippen LogP contribution >= 0.6 is 15.9 Å². The van der Waals surface area contributed by atoms with Crippen LogP contribution in [0.5, 0.6) is 0 Å². The fourth-order valence-corrected chi connectivity index (χ4v) is 2.66. The predicted octanol–water partition coefficient (Wildman–Crippen LogP) is 3.59. The maximum atomic E-state index is 12.1. The minimum absolute atomic E-state index is 0.0672. The van der Waals surface area contributed by atoms with E-state index in [1.807, 2.05) is 0 Å². The van der Waals surface area contributed by atoms with Crippen LogP contribution < -0.4 is 11.1 Å². The average Bonchev–Trinajstić information content (AvgIpc) is 2.29. The van der Waals surface area contributed by atoms with E-state index in [2.05, 4.69) is 42.0 Å². The molecule has 1 atom stereocenters. The molecular formula is C14H21BrN2O. The molecule has 3 N–H and O–H groups in total. The van der Waals surface area contributed by atoms with E-state index < -0.39 is 0 Å². The number of anilines is 1. The summed E-state index contributed by atoms with van der Waals surface area (Å²) < 4.78 is 0.822. The molecule has 0 aromatic heterocycles. The van der Waals surface area contributed by atoms with E-state index in [0.29, 0.717) is 17.2 Å². The summed E-state index contributed by atoms with van der Waals surface area (Å²) >= 11 is 3.34. The summed E-state index contributed by atoms with van der Waals surface area (Å²) in [6, 6.07) is 5.43. The highest BCUT2D eigenvalue weighted by atomic mass is 79.9. The van der Waals surface area contributed by atoms with Crippen molar-refractivity contribution in [1.82, 2.24) is 5.32 Å². The molecule has 0 aliphatic carbocycles. The molecule has 0 aliphatic rings. The molecule has 1 amide bonds. The Labute approximate surface area is 117 Å². The normalized spacial score (nSPS) is 12.5. The molecule has 0 bridgehead atoms. The lowest BCUT2D eigenvalue weighted by Crippen LogP contribution is -2.37. The number of carbonyl (C=O) groups excluding carboxylic acids is 1. The fourth-order valence-electron chi connectivity index (χ4n) is 2.15. The van der Waals surface area contributed by atoms with Crippen molar-refractivity contribution >= 4 is 27.5 Å². The molecule has 0 fully saturated rings. The van der Waals surface area contributed by atoms with Gasteiger partial charge in [-0.1, -0.05) is 42.6 Å². The van der Waals surface area contributed by atoms with Gasteiger partial charge < -0.3 is 11.1 Å². The Kier molecular flexibility index (Phi) is 5.66. The van der Waals surface area contributed by atoms with Gasteiger partial charge in [0.2, 0.25) is 0 Å². The molecule has 100 valence electrons. The fraction of sp³-hybridized carbons (Fsp3) is 0.500. The molecule has 1 rings (SSSR count). The lowest BCUT2D eigenvalue weighted by molar-refractivity contribution is 0.0925. The van der Waals surface area contributed by atoms with E-state index in [0.717, 1.165) is 17.3 Å². The van der Waals surface area contributed by atoms with E-state index in [9.17, 15) is 4.79 Å². The standard InChI is InChI=1S/C14H21BrN2O/c1-4-10(5-2)9(3)17-14(18)11-6-12(15)8-13(16)7-11/h6-10H,4-5,16H2,1-3H3,(H,17,18). The number of amides is 1. The summed E-state index contributed by atoms with van der Waals surface area (Å²) in [5.74, 6) is 0.445. The second-order valence-electron chi connectivity index (χ2n) is 4.61. The Morgan fingerprint density at radius 1 is 1.33 bits per heavy atom. The van der Waals surface area contributed by atoms with Gasteiger partial charge in [0.15, 0.2) is 0 Å². The molecule has 4 heteroatoms. The van der Waals surface area contributed by atoms with Gasteiger partial charge in [-0.25, -0.2) is 0 Å². The zero-order chi connectivity index (χ0) is 13.7. The first-order valence-corrected chi connectivity index (χ1v) is 7.14. The highest BCUT2D eigenvalue weighted by Gasteiger charge is 2.17. The third kappa shape index (κ3) is 4.02. The van der Waals surface area contributed by atoms with Gasteiger partial charge in [0, 0.05) is 21.8 Å². The van der Waals surface area contributed by atoms with Gasteiger partial charge in [0.05, 0.1) is 0 Å². The zero-order valence-corrected chi connectivity index (χ0v) is 12.8. The maximum absolute atomic E-state index is 12.1. The number of halogens is 1. The lowest BCUT2D eigenvalue weighted by atomic mass is 9.95. The van der Waals surface area contributed by atoms with Crippen molar-refractivity contribution in [1.29, 1.82) is 0 Å². The Balaban J connectivity index is 2.76. The van der Waals surface area contributed by atoms with Gasteiger partial charge in [-0.2, -0.15) is 0 Å². The van der Waals surface area contributed by atoms with Crippen molar-refractivity contribution < 1.29 is 4.79 Å². The van der Waals surface area contributed by atoms with Gasteiger partial charge in [0.1, 0.15) is 0 Å². The van der Waals surface area contributed by atoms with Crippen molar-refractivity contribution in [2.45, 2.75) is 39.7 Å². The zero-order valence-electron chi connectivity index (χ0n) is 11.2. The van der Waals surface area contributed by atoms with Crippen LogP contribution in [0.1, 0.15) is 44.0 Å². The van der Waals surface area contributed by atoms with E-state index in [1.165, 1.54) is 0 Å². The van der Waals surface area contributed by atoms with Gasteiger partial charge >= 0.3 is 0 Å². The molecular weight excluding hydrogens is 292 g/mol. The Morgan fingerprint density at radius 3 is 2.44 bits per heavy atom. The van der Waals surface area contributed by atoms with E-state index in [4.69, 9.17) is 5.73 Å². The molecule has 0 aliphatic heterocycles. The van der Waals surface area contributed by atoms with Gasteiger partial charge in [-0.05, 0) is 31.0 Å². The van der Waals surface area contributed by atoms with Crippen molar-refractivity contribution in [3.05, 3.63) is 28.2 Å². The minimum Gasteiger partial charge on any atom is -0.399 e. The summed E-state index contributed by atoms with van der Waals surface area (Å²) in [4.78, 5) is 12.1. The summed E-state index contributed by atoms with van der Waals surface area (Å²) in [6.07, 6.45) is 2.14. The third-order valence-corrected chi connectivity index (χ3v) is 3.75. The highest BCUT2D eigenvalue weighted by Crippen LogP contribution is 2.18. The van der Waals surface area contributed by atoms with Crippen molar-refractivity contribution in [2.75, 3.05) is 5.73 Å². The van der Waals surface area contributed by atoms with E-state index in [-0.39, 0.29) is 11.9 Å². The van der Waals surface area contributed by atoms with Gasteiger partial charge in [-0.15, -0.1) is 0 Å². The minimum atomic E-state index is -0.0672. The largest absolute Gasteiger partial charge is 0.399 e. The highest BCUT2D eigenvalue weighted by molar-refractivity contribution is 9.10. The maximum Gasteiger partial charge on any atom is 0.251 e. The summed E-state index contributed by atoms with van der Waals surface area (Å²) in [5, 5.41) is 3.04. The summed E-state index contributed by atoms with van der Waals surface area (Å²) in [7, 11) is 0. The molecule has 0 radical (unpaired) electrons. The number of benzene rings is 1. The van der Waals surface area contributed by atoms with Crippen LogP contribution in [0.4, 0.5) is 5.69 Å². The third-order valence-electron chi connectivity index (χ3n) is 3.30. The molecule has 1 unspecified atom stereocenters.